The summed E-state index contributed by atoms with van der Waals surface area (Å²) in [6.45, 7) is 2.87. The minimum absolute atomic E-state index is 0.0361. The van der Waals surface area contributed by atoms with Gasteiger partial charge in [-0.15, -0.1) is 0 Å². The Labute approximate surface area is 121 Å². The zero-order valence-electron chi connectivity index (χ0n) is 11.1. The predicted octanol–water partition coefficient (Wildman–Crippen LogP) is 2.12. The van der Waals surface area contributed by atoms with Crippen LogP contribution in [0.3, 0.4) is 0 Å². The lowest BCUT2D eigenvalue weighted by Gasteiger charge is -2.28. The van der Waals surface area contributed by atoms with Crippen molar-refractivity contribution in [2.75, 3.05) is 6.54 Å². The summed E-state index contributed by atoms with van der Waals surface area (Å²) in [6, 6.07) is 4.43. The number of hydrogen-bond acceptors (Lipinski definition) is 4. The van der Waals surface area contributed by atoms with Crippen LogP contribution in [-0.2, 0) is 0 Å². The van der Waals surface area contributed by atoms with Crippen LogP contribution in [0.4, 0.5) is 5.69 Å². The van der Waals surface area contributed by atoms with Gasteiger partial charge in [0.15, 0.2) is 0 Å². The third-order valence-corrected chi connectivity index (χ3v) is 3.60. The summed E-state index contributed by atoms with van der Waals surface area (Å²) < 4.78 is 0. The number of carbonyl (C=O) groups excluding carboxylic acids is 1. The number of nitrogens with zero attached hydrogens (tertiary/aromatic N) is 1. The molecule has 1 amide bonds. The van der Waals surface area contributed by atoms with E-state index in [0.29, 0.717) is 6.04 Å². The first-order valence-corrected chi connectivity index (χ1v) is 6.83. The fraction of sp³-hybridized carbons (Fsp3) is 0.462. The maximum absolute atomic E-state index is 12.2. The third-order valence-electron chi connectivity index (χ3n) is 3.36. The zero-order valence-corrected chi connectivity index (χ0v) is 11.8. The molecule has 2 rings (SSSR count). The number of carbonyl (C=O) groups is 1. The van der Waals surface area contributed by atoms with Crippen molar-refractivity contribution in [2.24, 2.45) is 0 Å². The van der Waals surface area contributed by atoms with Crippen LogP contribution in [0.1, 0.15) is 30.1 Å². The molecule has 7 heteroatoms. The van der Waals surface area contributed by atoms with Crippen molar-refractivity contribution in [1.29, 1.82) is 0 Å². The summed E-state index contributed by atoms with van der Waals surface area (Å²) in [5.41, 5.74) is -0.220. The van der Waals surface area contributed by atoms with E-state index in [1.165, 1.54) is 18.2 Å². The van der Waals surface area contributed by atoms with Crippen molar-refractivity contribution in [3.63, 3.8) is 0 Å². The van der Waals surface area contributed by atoms with Gasteiger partial charge < -0.3 is 10.6 Å². The summed E-state index contributed by atoms with van der Waals surface area (Å²) in [5, 5.41) is 17.4. The molecule has 0 radical (unpaired) electrons. The molecule has 1 aliphatic rings. The lowest BCUT2D eigenvalue weighted by atomic mass is 10.00. The average Bonchev–Trinajstić information content (AvgIpc) is 2.38. The molecule has 6 nitrogen and oxygen atoms in total. The van der Waals surface area contributed by atoms with Crippen molar-refractivity contribution >= 4 is 23.2 Å². The molecule has 0 saturated carbocycles. The standard InChI is InChI=1S/C13H16ClN3O3/c1-8-6-10(4-5-15-8)16-13(18)11-3-2-9(14)7-12(11)17(19)20/h2-3,7-8,10,15H,4-6H2,1H3,(H,16,18). The summed E-state index contributed by atoms with van der Waals surface area (Å²) in [5.74, 6) is -0.424. The second kappa shape index (κ2) is 6.19. The van der Waals surface area contributed by atoms with Gasteiger partial charge in [0.05, 0.1) is 4.92 Å². The van der Waals surface area contributed by atoms with Gasteiger partial charge in [-0.2, -0.15) is 0 Å². The lowest BCUT2D eigenvalue weighted by Crippen LogP contribution is -2.46. The van der Waals surface area contributed by atoms with Crippen molar-refractivity contribution in [1.82, 2.24) is 10.6 Å². The van der Waals surface area contributed by atoms with Crippen molar-refractivity contribution in [3.8, 4) is 0 Å². The number of benzene rings is 1. The van der Waals surface area contributed by atoms with E-state index in [1.807, 2.05) is 6.92 Å². The van der Waals surface area contributed by atoms with Crippen LogP contribution >= 0.6 is 11.6 Å². The molecular formula is C13H16ClN3O3. The second-order valence-corrected chi connectivity index (χ2v) is 5.40. The quantitative estimate of drug-likeness (QED) is 0.661. The Balaban J connectivity index is 2.14. The maximum Gasteiger partial charge on any atom is 0.283 e. The highest BCUT2D eigenvalue weighted by atomic mass is 35.5. The van der Waals surface area contributed by atoms with E-state index in [1.54, 1.807) is 0 Å². The van der Waals surface area contributed by atoms with Crippen molar-refractivity contribution in [2.45, 2.75) is 31.8 Å². The number of nitro benzene ring substituents is 1. The molecule has 1 fully saturated rings. The van der Waals surface area contributed by atoms with E-state index in [2.05, 4.69) is 10.6 Å². The SMILES string of the molecule is CC1CC(NC(=O)c2ccc(Cl)cc2[N+](=O)[O-])CCN1. The minimum Gasteiger partial charge on any atom is -0.349 e. The highest BCUT2D eigenvalue weighted by molar-refractivity contribution is 6.31. The topological polar surface area (TPSA) is 84.3 Å². The van der Waals surface area contributed by atoms with Gasteiger partial charge in [-0.25, -0.2) is 0 Å². The molecule has 1 aromatic carbocycles. The van der Waals surface area contributed by atoms with Crippen LogP contribution in [0.2, 0.25) is 5.02 Å². The first-order chi connectivity index (χ1) is 9.47. The number of rotatable bonds is 3. The lowest BCUT2D eigenvalue weighted by molar-refractivity contribution is -0.385. The summed E-state index contributed by atoms with van der Waals surface area (Å²) in [7, 11) is 0. The number of halogens is 1. The third kappa shape index (κ3) is 3.46. The van der Waals surface area contributed by atoms with Gasteiger partial charge in [0.2, 0.25) is 0 Å². The van der Waals surface area contributed by atoms with Gasteiger partial charge in [-0.3, -0.25) is 14.9 Å². The molecule has 2 atom stereocenters. The van der Waals surface area contributed by atoms with Gasteiger partial charge in [0, 0.05) is 23.2 Å². The summed E-state index contributed by atoms with van der Waals surface area (Å²) in [6.07, 6.45) is 1.63. The fourth-order valence-electron chi connectivity index (χ4n) is 2.37. The Kier molecular flexibility index (Phi) is 4.57. The number of nitrogens with one attached hydrogen (secondary N) is 2. The molecule has 0 aliphatic carbocycles. The van der Waals surface area contributed by atoms with E-state index in [4.69, 9.17) is 11.6 Å². The van der Waals surface area contributed by atoms with E-state index < -0.39 is 10.8 Å². The molecule has 0 bridgehead atoms. The Hall–Kier alpha value is -1.66. The van der Waals surface area contributed by atoms with Gasteiger partial charge in [-0.1, -0.05) is 11.6 Å². The van der Waals surface area contributed by atoms with Gasteiger partial charge in [0.1, 0.15) is 5.56 Å². The van der Waals surface area contributed by atoms with Gasteiger partial charge in [-0.05, 0) is 38.4 Å². The van der Waals surface area contributed by atoms with E-state index in [0.717, 1.165) is 19.4 Å². The van der Waals surface area contributed by atoms with E-state index in [9.17, 15) is 14.9 Å². The molecule has 1 aliphatic heterocycles. The van der Waals surface area contributed by atoms with Crippen LogP contribution in [0.25, 0.3) is 0 Å². The monoisotopic (exact) mass is 297 g/mol. The highest BCUT2D eigenvalue weighted by Gasteiger charge is 2.25. The van der Waals surface area contributed by atoms with Crippen LogP contribution in [0.15, 0.2) is 18.2 Å². The predicted molar refractivity (Wildman–Crippen MR) is 76.1 cm³/mol. The molecular weight excluding hydrogens is 282 g/mol. The molecule has 0 aromatic heterocycles. The Morgan fingerprint density at radius 2 is 2.30 bits per heavy atom. The molecule has 0 spiro atoms. The number of nitro groups is 1. The fourth-order valence-corrected chi connectivity index (χ4v) is 2.54. The molecule has 1 saturated heterocycles. The first-order valence-electron chi connectivity index (χ1n) is 6.45. The van der Waals surface area contributed by atoms with Crippen LogP contribution in [-0.4, -0.2) is 29.5 Å². The summed E-state index contributed by atoms with van der Waals surface area (Å²) >= 11 is 5.73. The normalized spacial score (nSPS) is 22.3. The smallest absolute Gasteiger partial charge is 0.283 e. The van der Waals surface area contributed by atoms with E-state index in [-0.39, 0.29) is 22.3 Å². The van der Waals surface area contributed by atoms with Crippen molar-refractivity contribution in [3.05, 3.63) is 38.9 Å². The van der Waals surface area contributed by atoms with Crippen LogP contribution < -0.4 is 10.6 Å². The second-order valence-electron chi connectivity index (χ2n) is 4.97. The zero-order chi connectivity index (χ0) is 14.7. The minimum atomic E-state index is -0.591. The molecule has 108 valence electrons. The van der Waals surface area contributed by atoms with Crippen LogP contribution in [0, 0.1) is 10.1 Å². The Bertz CT molecular complexity index is 536. The Morgan fingerprint density at radius 3 is 2.95 bits per heavy atom. The molecule has 20 heavy (non-hydrogen) atoms. The summed E-state index contributed by atoms with van der Waals surface area (Å²) in [4.78, 5) is 22.6. The van der Waals surface area contributed by atoms with Crippen molar-refractivity contribution < 1.29 is 9.72 Å². The molecule has 2 N–H and O–H groups in total. The maximum atomic E-state index is 12.2. The largest absolute Gasteiger partial charge is 0.349 e. The number of piperidine rings is 1. The Morgan fingerprint density at radius 1 is 1.55 bits per heavy atom. The first kappa shape index (κ1) is 14.7. The molecule has 2 unspecified atom stereocenters. The number of hydrogen-bond donors (Lipinski definition) is 2. The molecule has 1 heterocycles. The molecule has 1 aromatic rings. The van der Waals surface area contributed by atoms with Crippen LogP contribution in [0.5, 0.6) is 0 Å². The van der Waals surface area contributed by atoms with Gasteiger partial charge in [0.25, 0.3) is 11.6 Å². The highest BCUT2D eigenvalue weighted by Crippen LogP contribution is 2.23. The van der Waals surface area contributed by atoms with Gasteiger partial charge >= 0.3 is 0 Å². The average molecular weight is 298 g/mol. The van der Waals surface area contributed by atoms with E-state index >= 15 is 0 Å². The number of amides is 1.